The molecule has 0 radical (unpaired) electrons. The fourth-order valence-corrected chi connectivity index (χ4v) is 3.46. The van der Waals surface area contributed by atoms with E-state index in [0.717, 1.165) is 27.8 Å². The molecule has 1 aromatic heterocycles. The zero-order valence-electron chi connectivity index (χ0n) is 14.4. The summed E-state index contributed by atoms with van der Waals surface area (Å²) in [4.78, 5) is 13.5. The summed E-state index contributed by atoms with van der Waals surface area (Å²) in [5, 5.41) is 0. The van der Waals surface area contributed by atoms with Crippen LogP contribution in [0.1, 0.15) is 16.7 Å². The SMILES string of the molecule is COCC1=C(c2ccoc2)C(=O)C(c2ccccc2)=C1c1ccccc1. The summed E-state index contributed by atoms with van der Waals surface area (Å²) in [7, 11) is 1.65. The van der Waals surface area contributed by atoms with Gasteiger partial charge in [0, 0.05) is 23.8 Å². The summed E-state index contributed by atoms with van der Waals surface area (Å²) < 4.78 is 10.7. The summed E-state index contributed by atoms with van der Waals surface area (Å²) in [6.45, 7) is 0.354. The first kappa shape index (κ1) is 16.3. The monoisotopic (exact) mass is 342 g/mol. The lowest BCUT2D eigenvalue weighted by atomic mass is 9.93. The first-order valence-electron chi connectivity index (χ1n) is 8.46. The van der Waals surface area contributed by atoms with Gasteiger partial charge >= 0.3 is 0 Å². The van der Waals surface area contributed by atoms with Gasteiger partial charge in [0.25, 0.3) is 0 Å². The largest absolute Gasteiger partial charge is 0.472 e. The van der Waals surface area contributed by atoms with Crippen LogP contribution in [0.3, 0.4) is 0 Å². The molecule has 3 nitrogen and oxygen atoms in total. The van der Waals surface area contributed by atoms with Crippen molar-refractivity contribution in [2.75, 3.05) is 13.7 Å². The lowest BCUT2D eigenvalue weighted by Crippen LogP contribution is -2.02. The molecule has 1 aliphatic carbocycles. The summed E-state index contributed by atoms with van der Waals surface area (Å²) in [6, 6.07) is 21.6. The van der Waals surface area contributed by atoms with Crippen LogP contribution in [0.4, 0.5) is 0 Å². The van der Waals surface area contributed by atoms with E-state index in [2.05, 4.69) is 0 Å². The summed E-state index contributed by atoms with van der Waals surface area (Å²) in [5.74, 6) is 0.00324. The average Bonchev–Trinajstić information content (AvgIpc) is 3.30. The quantitative estimate of drug-likeness (QED) is 0.664. The highest BCUT2D eigenvalue weighted by Crippen LogP contribution is 2.45. The van der Waals surface area contributed by atoms with Gasteiger partial charge in [0.05, 0.1) is 19.1 Å². The molecular formula is C23H18O3. The Kier molecular flexibility index (Phi) is 4.38. The fourth-order valence-electron chi connectivity index (χ4n) is 3.46. The van der Waals surface area contributed by atoms with Gasteiger partial charge in [-0.1, -0.05) is 60.7 Å². The predicted molar refractivity (Wildman–Crippen MR) is 102 cm³/mol. The smallest absolute Gasteiger partial charge is 0.195 e. The minimum atomic E-state index is 0.00324. The molecule has 0 bridgehead atoms. The molecular weight excluding hydrogens is 324 g/mol. The molecule has 128 valence electrons. The number of allylic oxidation sites excluding steroid dienone is 2. The molecule has 26 heavy (non-hydrogen) atoms. The van der Waals surface area contributed by atoms with E-state index in [4.69, 9.17) is 9.15 Å². The minimum absolute atomic E-state index is 0.00324. The van der Waals surface area contributed by atoms with Crippen LogP contribution in [0.2, 0.25) is 0 Å². The standard InChI is InChI=1S/C23H18O3/c1-25-15-19-20(16-8-4-2-5-9-16)22(17-10-6-3-7-11-17)23(24)21(19)18-12-13-26-14-18/h2-14H,15H2,1H3. The zero-order valence-corrected chi connectivity index (χ0v) is 14.4. The van der Waals surface area contributed by atoms with Crippen molar-refractivity contribution in [3.8, 4) is 0 Å². The molecule has 1 aliphatic rings. The van der Waals surface area contributed by atoms with E-state index in [-0.39, 0.29) is 5.78 Å². The number of methoxy groups -OCH3 is 1. The maximum atomic E-state index is 13.5. The number of carbonyl (C=O) groups excluding carboxylic acids is 1. The molecule has 1 heterocycles. The van der Waals surface area contributed by atoms with Crippen LogP contribution in [-0.2, 0) is 9.53 Å². The number of Topliss-reactive ketones (excluding diaryl/α,β-unsaturated/α-hetero) is 1. The van der Waals surface area contributed by atoms with Crippen molar-refractivity contribution in [2.24, 2.45) is 0 Å². The van der Waals surface area contributed by atoms with Crippen molar-refractivity contribution >= 4 is 22.5 Å². The topological polar surface area (TPSA) is 39.4 Å². The van der Waals surface area contributed by atoms with Crippen molar-refractivity contribution in [3.63, 3.8) is 0 Å². The molecule has 0 N–H and O–H groups in total. The number of hydrogen-bond acceptors (Lipinski definition) is 3. The van der Waals surface area contributed by atoms with Gasteiger partial charge < -0.3 is 9.15 Å². The molecule has 0 saturated carbocycles. The van der Waals surface area contributed by atoms with Crippen molar-refractivity contribution in [1.82, 2.24) is 0 Å². The van der Waals surface area contributed by atoms with E-state index in [1.54, 1.807) is 19.6 Å². The third kappa shape index (κ3) is 2.72. The zero-order chi connectivity index (χ0) is 17.9. The predicted octanol–water partition coefficient (Wildman–Crippen LogP) is 4.87. The number of ketones is 1. The van der Waals surface area contributed by atoms with Gasteiger partial charge in [0.1, 0.15) is 0 Å². The maximum Gasteiger partial charge on any atom is 0.195 e. The number of carbonyl (C=O) groups is 1. The Morgan fingerprint density at radius 2 is 1.38 bits per heavy atom. The van der Waals surface area contributed by atoms with Gasteiger partial charge in [0.2, 0.25) is 0 Å². The number of ether oxygens (including phenoxy) is 1. The number of benzene rings is 2. The van der Waals surface area contributed by atoms with Crippen LogP contribution in [0.25, 0.3) is 16.7 Å². The lowest BCUT2D eigenvalue weighted by Gasteiger charge is -2.11. The van der Waals surface area contributed by atoms with Crippen LogP contribution in [0.15, 0.2) is 89.2 Å². The Hall–Kier alpha value is -3.17. The molecule has 0 amide bonds. The number of furan rings is 1. The van der Waals surface area contributed by atoms with Gasteiger partial charge in [-0.25, -0.2) is 0 Å². The van der Waals surface area contributed by atoms with Gasteiger partial charge in [-0.3, -0.25) is 4.79 Å². The molecule has 0 aliphatic heterocycles. The van der Waals surface area contributed by atoms with E-state index >= 15 is 0 Å². The molecule has 0 saturated heterocycles. The normalized spacial score (nSPS) is 14.4. The molecule has 3 heteroatoms. The van der Waals surface area contributed by atoms with Crippen molar-refractivity contribution in [3.05, 3.63) is 102 Å². The van der Waals surface area contributed by atoms with E-state index < -0.39 is 0 Å². The van der Waals surface area contributed by atoms with Crippen molar-refractivity contribution in [1.29, 1.82) is 0 Å². The highest BCUT2D eigenvalue weighted by atomic mass is 16.5. The molecule has 0 spiro atoms. The number of rotatable bonds is 5. The Morgan fingerprint density at radius 3 is 1.92 bits per heavy atom. The van der Waals surface area contributed by atoms with Crippen LogP contribution in [-0.4, -0.2) is 19.5 Å². The van der Waals surface area contributed by atoms with Gasteiger partial charge in [-0.05, 0) is 28.3 Å². The van der Waals surface area contributed by atoms with E-state index in [9.17, 15) is 4.79 Å². The second kappa shape index (κ2) is 6.98. The Balaban J connectivity index is 2.00. The first-order valence-corrected chi connectivity index (χ1v) is 8.46. The third-order valence-corrected chi connectivity index (χ3v) is 4.53. The van der Waals surface area contributed by atoms with Crippen LogP contribution >= 0.6 is 0 Å². The van der Waals surface area contributed by atoms with Crippen molar-refractivity contribution in [2.45, 2.75) is 0 Å². The Labute approximate surface area is 152 Å². The van der Waals surface area contributed by atoms with Crippen LogP contribution in [0.5, 0.6) is 0 Å². The molecule has 4 rings (SSSR count). The summed E-state index contributed by atoms with van der Waals surface area (Å²) in [5.41, 5.74) is 5.87. The summed E-state index contributed by atoms with van der Waals surface area (Å²) in [6.07, 6.45) is 3.20. The van der Waals surface area contributed by atoms with Crippen LogP contribution < -0.4 is 0 Å². The highest BCUT2D eigenvalue weighted by molar-refractivity contribution is 6.52. The Bertz CT molecular complexity index is 978. The maximum absolute atomic E-state index is 13.5. The lowest BCUT2D eigenvalue weighted by molar-refractivity contribution is -0.108. The Morgan fingerprint density at radius 1 is 0.769 bits per heavy atom. The van der Waals surface area contributed by atoms with E-state index in [1.165, 1.54) is 0 Å². The first-order chi connectivity index (χ1) is 12.8. The van der Waals surface area contributed by atoms with E-state index in [0.29, 0.717) is 17.8 Å². The molecule has 3 aromatic rings. The fraction of sp³-hybridized carbons (Fsp3) is 0.0870. The average molecular weight is 342 g/mol. The second-order valence-electron chi connectivity index (χ2n) is 6.11. The number of hydrogen-bond donors (Lipinski definition) is 0. The molecule has 0 fully saturated rings. The van der Waals surface area contributed by atoms with E-state index in [1.807, 2.05) is 66.7 Å². The third-order valence-electron chi connectivity index (χ3n) is 4.53. The molecule has 0 unspecified atom stereocenters. The van der Waals surface area contributed by atoms with Crippen molar-refractivity contribution < 1.29 is 13.9 Å². The van der Waals surface area contributed by atoms with Gasteiger partial charge in [-0.2, -0.15) is 0 Å². The minimum Gasteiger partial charge on any atom is -0.472 e. The van der Waals surface area contributed by atoms with Crippen LogP contribution in [0, 0.1) is 0 Å². The second-order valence-corrected chi connectivity index (χ2v) is 6.11. The molecule has 0 atom stereocenters. The van der Waals surface area contributed by atoms with Gasteiger partial charge in [-0.15, -0.1) is 0 Å². The highest BCUT2D eigenvalue weighted by Gasteiger charge is 2.34. The van der Waals surface area contributed by atoms with Gasteiger partial charge in [0.15, 0.2) is 5.78 Å². The summed E-state index contributed by atoms with van der Waals surface area (Å²) >= 11 is 0. The molecule has 2 aromatic carbocycles.